The summed E-state index contributed by atoms with van der Waals surface area (Å²) in [7, 11) is 0. The molecule has 0 spiro atoms. The van der Waals surface area contributed by atoms with E-state index in [1.54, 1.807) is 0 Å². The largest absolute Gasteiger partial charge is 0.396 e. The molecule has 0 aromatic rings. The van der Waals surface area contributed by atoms with Gasteiger partial charge in [-0.1, -0.05) is 0 Å². The number of hydrogen-bond acceptors (Lipinski definition) is 3. The first-order valence-electron chi connectivity index (χ1n) is 6.54. The standard InChI is InChI=1S/C13H28N2O/c1-12(2,3)15-10-6-13(7-11-16)4-8-14-9-5-13/h14-16H,4-11H2,1-3H3. The average molecular weight is 228 g/mol. The van der Waals surface area contributed by atoms with Crippen LogP contribution in [-0.4, -0.2) is 36.9 Å². The van der Waals surface area contributed by atoms with Crippen LogP contribution in [0.25, 0.3) is 0 Å². The average Bonchev–Trinajstić information content (AvgIpc) is 2.17. The van der Waals surface area contributed by atoms with Crippen LogP contribution in [0.2, 0.25) is 0 Å². The normalized spacial score (nSPS) is 21.0. The molecule has 96 valence electrons. The Morgan fingerprint density at radius 1 is 1.19 bits per heavy atom. The van der Waals surface area contributed by atoms with Crippen molar-refractivity contribution in [1.29, 1.82) is 0 Å². The summed E-state index contributed by atoms with van der Waals surface area (Å²) in [5.41, 5.74) is 0.575. The van der Waals surface area contributed by atoms with Crippen LogP contribution in [-0.2, 0) is 0 Å². The topological polar surface area (TPSA) is 44.3 Å². The quantitative estimate of drug-likeness (QED) is 0.668. The third kappa shape index (κ3) is 4.81. The van der Waals surface area contributed by atoms with Crippen molar-refractivity contribution in [1.82, 2.24) is 10.6 Å². The zero-order valence-corrected chi connectivity index (χ0v) is 11.1. The first-order valence-corrected chi connectivity index (χ1v) is 6.54. The van der Waals surface area contributed by atoms with Crippen LogP contribution >= 0.6 is 0 Å². The van der Waals surface area contributed by atoms with Crippen molar-refractivity contribution in [2.75, 3.05) is 26.2 Å². The van der Waals surface area contributed by atoms with Crippen LogP contribution in [0.3, 0.4) is 0 Å². The highest BCUT2D eigenvalue weighted by atomic mass is 16.3. The zero-order chi connectivity index (χ0) is 12.1. The van der Waals surface area contributed by atoms with Crippen LogP contribution in [0, 0.1) is 5.41 Å². The predicted molar refractivity (Wildman–Crippen MR) is 68.6 cm³/mol. The number of piperidine rings is 1. The molecule has 0 unspecified atom stereocenters. The molecule has 1 fully saturated rings. The summed E-state index contributed by atoms with van der Waals surface area (Å²) < 4.78 is 0. The first-order chi connectivity index (χ1) is 7.47. The molecule has 3 nitrogen and oxygen atoms in total. The molecule has 1 rings (SSSR count). The molecule has 0 saturated carbocycles. The maximum Gasteiger partial charge on any atom is 0.0436 e. The van der Waals surface area contributed by atoms with Crippen LogP contribution in [0.4, 0.5) is 0 Å². The molecule has 0 bridgehead atoms. The lowest BCUT2D eigenvalue weighted by Crippen LogP contribution is -2.42. The minimum absolute atomic E-state index is 0.202. The first kappa shape index (κ1) is 13.9. The van der Waals surface area contributed by atoms with Crippen molar-refractivity contribution in [3.63, 3.8) is 0 Å². The van der Waals surface area contributed by atoms with Crippen LogP contribution in [0.15, 0.2) is 0 Å². The van der Waals surface area contributed by atoms with Crippen LogP contribution in [0.1, 0.15) is 46.5 Å². The Hall–Kier alpha value is -0.120. The van der Waals surface area contributed by atoms with Gasteiger partial charge >= 0.3 is 0 Å². The van der Waals surface area contributed by atoms with Gasteiger partial charge in [0, 0.05) is 12.1 Å². The number of aliphatic hydroxyl groups is 1. The lowest BCUT2D eigenvalue weighted by atomic mass is 9.73. The number of nitrogens with one attached hydrogen (secondary N) is 2. The number of hydrogen-bond donors (Lipinski definition) is 3. The maximum absolute atomic E-state index is 9.20. The molecule has 0 aromatic heterocycles. The molecule has 0 aromatic carbocycles. The second kappa shape index (κ2) is 5.99. The van der Waals surface area contributed by atoms with E-state index in [1.165, 1.54) is 19.3 Å². The molecule has 0 aliphatic carbocycles. The van der Waals surface area contributed by atoms with Crippen molar-refractivity contribution in [3.8, 4) is 0 Å². The minimum Gasteiger partial charge on any atom is -0.396 e. The van der Waals surface area contributed by atoms with E-state index in [-0.39, 0.29) is 5.54 Å². The van der Waals surface area contributed by atoms with Crippen molar-refractivity contribution < 1.29 is 5.11 Å². The van der Waals surface area contributed by atoms with Gasteiger partial charge in [-0.3, -0.25) is 0 Å². The van der Waals surface area contributed by atoms with Gasteiger partial charge in [-0.25, -0.2) is 0 Å². The lowest BCUT2D eigenvalue weighted by Gasteiger charge is -2.38. The Bertz CT molecular complexity index is 187. The molecule has 1 heterocycles. The highest BCUT2D eigenvalue weighted by Gasteiger charge is 2.31. The summed E-state index contributed by atoms with van der Waals surface area (Å²) in [6.45, 7) is 10.2. The zero-order valence-electron chi connectivity index (χ0n) is 11.1. The van der Waals surface area contributed by atoms with Gasteiger partial charge in [-0.2, -0.15) is 0 Å². The Labute approximate surface area is 100 Å². The molecule has 1 aliphatic heterocycles. The molecule has 0 amide bonds. The molecule has 3 heteroatoms. The van der Waals surface area contributed by atoms with E-state index in [0.29, 0.717) is 12.0 Å². The SMILES string of the molecule is CC(C)(C)NCCC1(CCO)CCNCC1. The number of aliphatic hydroxyl groups excluding tert-OH is 1. The second-order valence-electron chi connectivity index (χ2n) is 6.15. The van der Waals surface area contributed by atoms with E-state index in [0.717, 1.165) is 26.1 Å². The van der Waals surface area contributed by atoms with E-state index in [4.69, 9.17) is 0 Å². The molecular weight excluding hydrogens is 200 g/mol. The second-order valence-corrected chi connectivity index (χ2v) is 6.15. The molecular formula is C13H28N2O. The van der Waals surface area contributed by atoms with Crippen LogP contribution in [0.5, 0.6) is 0 Å². The van der Waals surface area contributed by atoms with E-state index >= 15 is 0 Å². The van der Waals surface area contributed by atoms with Crippen molar-refractivity contribution in [2.24, 2.45) is 5.41 Å². The molecule has 1 aliphatic rings. The highest BCUT2D eigenvalue weighted by molar-refractivity contribution is 4.86. The van der Waals surface area contributed by atoms with Gasteiger partial charge in [0.05, 0.1) is 0 Å². The van der Waals surface area contributed by atoms with E-state index in [1.807, 2.05) is 0 Å². The van der Waals surface area contributed by atoms with E-state index in [9.17, 15) is 5.11 Å². The van der Waals surface area contributed by atoms with Gasteiger partial charge in [-0.15, -0.1) is 0 Å². The Morgan fingerprint density at radius 2 is 1.81 bits per heavy atom. The van der Waals surface area contributed by atoms with Gasteiger partial charge in [0.15, 0.2) is 0 Å². The molecule has 16 heavy (non-hydrogen) atoms. The summed E-state index contributed by atoms with van der Waals surface area (Å²) in [5.74, 6) is 0. The summed E-state index contributed by atoms with van der Waals surface area (Å²) in [6.07, 6.45) is 4.56. The lowest BCUT2D eigenvalue weighted by molar-refractivity contribution is 0.123. The van der Waals surface area contributed by atoms with E-state index in [2.05, 4.69) is 31.4 Å². The third-order valence-corrected chi connectivity index (χ3v) is 3.62. The van der Waals surface area contributed by atoms with Crippen molar-refractivity contribution in [2.45, 2.75) is 52.0 Å². The minimum atomic E-state index is 0.202. The number of rotatable bonds is 5. The Morgan fingerprint density at radius 3 is 2.31 bits per heavy atom. The monoisotopic (exact) mass is 228 g/mol. The van der Waals surface area contributed by atoms with Crippen molar-refractivity contribution >= 4 is 0 Å². The molecule has 0 atom stereocenters. The van der Waals surface area contributed by atoms with E-state index < -0.39 is 0 Å². The van der Waals surface area contributed by atoms with Gasteiger partial charge in [0.25, 0.3) is 0 Å². The Kier molecular flexibility index (Phi) is 5.22. The fourth-order valence-electron chi connectivity index (χ4n) is 2.52. The Balaban J connectivity index is 2.38. The maximum atomic E-state index is 9.20. The molecule has 1 saturated heterocycles. The van der Waals surface area contributed by atoms with Gasteiger partial charge in [0.2, 0.25) is 0 Å². The predicted octanol–water partition coefficient (Wildman–Crippen LogP) is 1.52. The molecule has 3 N–H and O–H groups in total. The summed E-state index contributed by atoms with van der Waals surface area (Å²) >= 11 is 0. The highest BCUT2D eigenvalue weighted by Crippen LogP contribution is 2.35. The van der Waals surface area contributed by atoms with Crippen molar-refractivity contribution in [3.05, 3.63) is 0 Å². The molecule has 0 radical (unpaired) electrons. The van der Waals surface area contributed by atoms with Gasteiger partial charge < -0.3 is 15.7 Å². The third-order valence-electron chi connectivity index (χ3n) is 3.62. The van der Waals surface area contributed by atoms with Gasteiger partial charge in [0.1, 0.15) is 0 Å². The smallest absolute Gasteiger partial charge is 0.0436 e. The van der Waals surface area contributed by atoms with Crippen LogP contribution < -0.4 is 10.6 Å². The fourth-order valence-corrected chi connectivity index (χ4v) is 2.52. The summed E-state index contributed by atoms with van der Waals surface area (Å²) in [6, 6.07) is 0. The fraction of sp³-hybridized carbons (Fsp3) is 1.00. The summed E-state index contributed by atoms with van der Waals surface area (Å²) in [4.78, 5) is 0. The summed E-state index contributed by atoms with van der Waals surface area (Å²) in [5, 5.41) is 16.2. The van der Waals surface area contributed by atoms with Gasteiger partial charge in [-0.05, 0) is 71.5 Å².